The van der Waals surface area contributed by atoms with E-state index >= 15 is 0 Å². The molecule has 0 aliphatic carbocycles. The Morgan fingerprint density at radius 3 is 2.83 bits per heavy atom. The number of aromatic carboxylic acids is 1. The van der Waals surface area contributed by atoms with E-state index in [0.717, 1.165) is 5.56 Å². The first-order valence-corrected chi connectivity index (χ1v) is 5.47. The van der Waals surface area contributed by atoms with Gasteiger partial charge in [-0.3, -0.25) is 4.98 Å². The molecular weight excluding hydrogens is 232 g/mol. The maximum absolute atomic E-state index is 10.9. The normalized spacial score (nSPS) is 10.0. The molecule has 92 valence electrons. The van der Waals surface area contributed by atoms with Crippen LogP contribution in [0.4, 0.5) is 0 Å². The third kappa shape index (κ3) is 3.04. The summed E-state index contributed by atoms with van der Waals surface area (Å²) in [5.41, 5.74) is 0.974. The molecule has 0 saturated carbocycles. The first-order chi connectivity index (χ1) is 8.77. The van der Waals surface area contributed by atoms with Gasteiger partial charge in [0.15, 0.2) is 11.4 Å². The molecule has 2 aromatic heterocycles. The summed E-state index contributed by atoms with van der Waals surface area (Å²) < 4.78 is 5.43. The molecule has 0 unspecified atom stereocenters. The number of ether oxygens (including phenoxy) is 1. The fraction of sp³-hybridized carbons (Fsp3) is 0.154. The molecule has 0 aromatic carbocycles. The molecule has 0 radical (unpaired) electrons. The fourth-order valence-electron chi connectivity index (χ4n) is 1.49. The molecule has 1 N–H and O–H groups in total. The van der Waals surface area contributed by atoms with Crippen molar-refractivity contribution in [1.82, 2.24) is 9.97 Å². The van der Waals surface area contributed by atoms with Crippen LogP contribution in [0.15, 0.2) is 42.9 Å². The number of hydrogen-bond acceptors (Lipinski definition) is 4. The van der Waals surface area contributed by atoms with Crippen molar-refractivity contribution in [3.05, 3.63) is 54.1 Å². The summed E-state index contributed by atoms with van der Waals surface area (Å²) in [6.45, 7) is 0.387. The highest BCUT2D eigenvalue weighted by Gasteiger charge is 2.11. The Balaban J connectivity index is 1.97. The summed E-state index contributed by atoms with van der Waals surface area (Å²) in [4.78, 5) is 18.7. The highest BCUT2D eigenvalue weighted by molar-refractivity contribution is 5.88. The number of nitrogens with zero attached hydrogens (tertiary/aromatic N) is 2. The van der Waals surface area contributed by atoms with Crippen molar-refractivity contribution in [2.75, 3.05) is 6.61 Å². The lowest BCUT2D eigenvalue weighted by atomic mass is 10.2. The molecule has 2 rings (SSSR count). The molecule has 0 amide bonds. The van der Waals surface area contributed by atoms with Crippen LogP contribution in [0.5, 0.6) is 5.75 Å². The minimum Gasteiger partial charge on any atom is -0.491 e. The van der Waals surface area contributed by atoms with Crippen molar-refractivity contribution < 1.29 is 14.6 Å². The first-order valence-electron chi connectivity index (χ1n) is 5.47. The van der Waals surface area contributed by atoms with Crippen LogP contribution in [0.3, 0.4) is 0 Å². The number of carboxylic acid groups (broad SMARTS) is 1. The van der Waals surface area contributed by atoms with Crippen LogP contribution in [0.2, 0.25) is 0 Å². The molecule has 0 spiro atoms. The van der Waals surface area contributed by atoms with Crippen LogP contribution in [0.25, 0.3) is 0 Å². The van der Waals surface area contributed by atoms with Crippen molar-refractivity contribution >= 4 is 5.97 Å². The van der Waals surface area contributed by atoms with E-state index in [4.69, 9.17) is 9.84 Å². The maximum atomic E-state index is 10.9. The molecular formula is C13H12N2O3. The van der Waals surface area contributed by atoms with Gasteiger partial charge in [0.05, 0.1) is 6.61 Å². The van der Waals surface area contributed by atoms with Crippen LogP contribution in [-0.4, -0.2) is 27.7 Å². The van der Waals surface area contributed by atoms with Crippen LogP contribution >= 0.6 is 0 Å². The van der Waals surface area contributed by atoms with Gasteiger partial charge in [-0.2, -0.15) is 0 Å². The number of hydrogen-bond donors (Lipinski definition) is 1. The zero-order valence-corrected chi connectivity index (χ0v) is 9.61. The molecule has 0 bridgehead atoms. The Morgan fingerprint density at radius 1 is 1.28 bits per heavy atom. The van der Waals surface area contributed by atoms with Crippen LogP contribution in [0, 0.1) is 0 Å². The molecule has 0 atom stereocenters. The van der Waals surface area contributed by atoms with Crippen molar-refractivity contribution in [1.29, 1.82) is 0 Å². The summed E-state index contributed by atoms with van der Waals surface area (Å²) in [7, 11) is 0. The van der Waals surface area contributed by atoms with Gasteiger partial charge in [-0.15, -0.1) is 0 Å². The fourth-order valence-corrected chi connectivity index (χ4v) is 1.49. The van der Waals surface area contributed by atoms with Gasteiger partial charge in [-0.05, 0) is 23.8 Å². The average Bonchev–Trinajstić information content (AvgIpc) is 2.40. The van der Waals surface area contributed by atoms with E-state index in [1.807, 2.05) is 12.1 Å². The number of carboxylic acids is 1. The lowest BCUT2D eigenvalue weighted by molar-refractivity contribution is 0.0685. The van der Waals surface area contributed by atoms with Gasteiger partial charge in [0.1, 0.15) is 0 Å². The lowest BCUT2D eigenvalue weighted by Crippen LogP contribution is -2.08. The zero-order valence-electron chi connectivity index (χ0n) is 9.61. The van der Waals surface area contributed by atoms with Gasteiger partial charge >= 0.3 is 5.97 Å². The van der Waals surface area contributed by atoms with E-state index in [9.17, 15) is 4.79 Å². The van der Waals surface area contributed by atoms with Crippen LogP contribution < -0.4 is 4.74 Å². The molecule has 0 fully saturated rings. The number of rotatable bonds is 5. The largest absolute Gasteiger partial charge is 0.491 e. The van der Waals surface area contributed by atoms with E-state index in [1.54, 1.807) is 24.5 Å². The van der Waals surface area contributed by atoms with Crippen LogP contribution in [-0.2, 0) is 6.42 Å². The lowest BCUT2D eigenvalue weighted by Gasteiger charge is -2.07. The Bertz CT molecular complexity index is 529. The summed E-state index contributed by atoms with van der Waals surface area (Å²) >= 11 is 0. The molecule has 0 aliphatic rings. The first kappa shape index (κ1) is 12.0. The van der Waals surface area contributed by atoms with E-state index in [1.165, 1.54) is 6.20 Å². The molecule has 0 saturated heterocycles. The van der Waals surface area contributed by atoms with Crippen molar-refractivity contribution in [2.45, 2.75) is 6.42 Å². The monoisotopic (exact) mass is 244 g/mol. The highest BCUT2D eigenvalue weighted by Crippen LogP contribution is 2.15. The topological polar surface area (TPSA) is 72.3 Å². The summed E-state index contributed by atoms with van der Waals surface area (Å²) in [6, 6.07) is 7.03. The SMILES string of the molecule is O=C(O)c1ncccc1OCCc1cccnc1. The van der Waals surface area contributed by atoms with Gasteiger partial charge in [-0.1, -0.05) is 6.07 Å². The molecule has 2 aromatic rings. The van der Waals surface area contributed by atoms with Crippen molar-refractivity contribution in [2.24, 2.45) is 0 Å². The third-order valence-corrected chi connectivity index (χ3v) is 2.34. The summed E-state index contributed by atoms with van der Waals surface area (Å²) in [6.07, 6.45) is 5.55. The second-order valence-electron chi connectivity index (χ2n) is 3.62. The number of pyridine rings is 2. The summed E-state index contributed by atoms with van der Waals surface area (Å²) in [5, 5.41) is 8.93. The van der Waals surface area contributed by atoms with Gasteiger partial charge in [0.25, 0.3) is 0 Å². The smallest absolute Gasteiger partial charge is 0.358 e. The number of carbonyl (C=O) groups is 1. The third-order valence-electron chi connectivity index (χ3n) is 2.34. The second-order valence-corrected chi connectivity index (χ2v) is 3.62. The molecule has 2 heterocycles. The quantitative estimate of drug-likeness (QED) is 0.868. The molecule has 18 heavy (non-hydrogen) atoms. The maximum Gasteiger partial charge on any atom is 0.358 e. The summed E-state index contributed by atoms with van der Waals surface area (Å²) in [5.74, 6) is -0.805. The van der Waals surface area contributed by atoms with Crippen molar-refractivity contribution in [3.63, 3.8) is 0 Å². The van der Waals surface area contributed by atoms with Crippen LogP contribution in [0.1, 0.15) is 16.1 Å². The number of aromatic nitrogens is 2. The molecule has 0 aliphatic heterocycles. The van der Waals surface area contributed by atoms with Gasteiger partial charge in [0, 0.05) is 25.0 Å². The average molecular weight is 244 g/mol. The Kier molecular flexibility index (Phi) is 3.86. The minimum absolute atomic E-state index is 0.0660. The predicted molar refractivity (Wildman–Crippen MR) is 64.6 cm³/mol. The van der Waals surface area contributed by atoms with E-state index < -0.39 is 5.97 Å². The van der Waals surface area contributed by atoms with E-state index in [2.05, 4.69) is 9.97 Å². The predicted octanol–water partition coefficient (Wildman–Crippen LogP) is 1.80. The molecule has 5 heteroatoms. The van der Waals surface area contributed by atoms with Gasteiger partial charge < -0.3 is 9.84 Å². The Morgan fingerprint density at radius 2 is 2.11 bits per heavy atom. The highest BCUT2D eigenvalue weighted by atomic mass is 16.5. The van der Waals surface area contributed by atoms with E-state index in [0.29, 0.717) is 13.0 Å². The second kappa shape index (κ2) is 5.77. The Hall–Kier alpha value is -2.43. The minimum atomic E-state index is -1.09. The molecule has 5 nitrogen and oxygen atoms in total. The van der Waals surface area contributed by atoms with Gasteiger partial charge in [-0.25, -0.2) is 9.78 Å². The standard InChI is InChI=1S/C13H12N2O3/c16-13(17)12-11(4-2-7-15-12)18-8-5-10-3-1-6-14-9-10/h1-4,6-7,9H,5,8H2,(H,16,17). The zero-order chi connectivity index (χ0) is 12.8. The van der Waals surface area contributed by atoms with Crippen molar-refractivity contribution in [3.8, 4) is 5.75 Å². The van der Waals surface area contributed by atoms with Gasteiger partial charge in [0.2, 0.25) is 0 Å². The van der Waals surface area contributed by atoms with E-state index in [-0.39, 0.29) is 11.4 Å². The Labute approximate surface area is 104 Å².